The van der Waals surface area contributed by atoms with Gasteiger partial charge >= 0.3 is 0 Å². The Morgan fingerprint density at radius 3 is 2.70 bits per heavy atom. The van der Waals surface area contributed by atoms with Gasteiger partial charge in [-0.15, -0.1) is 0 Å². The number of aryl methyl sites for hydroxylation is 1. The molecule has 0 unspecified atom stereocenters. The van der Waals surface area contributed by atoms with Crippen molar-refractivity contribution in [2.45, 2.75) is 32.7 Å². The minimum Gasteiger partial charge on any atom is -0.310 e. The van der Waals surface area contributed by atoms with E-state index in [2.05, 4.69) is 35.3 Å². The summed E-state index contributed by atoms with van der Waals surface area (Å²) in [5.41, 5.74) is 2.40. The van der Waals surface area contributed by atoms with Crippen LogP contribution < -0.4 is 5.32 Å². The molecule has 10 heteroatoms. The molecule has 0 aliphatic carbocycles. The molecular formula is C20H17FN8O. The standard InChI is InChI=1S/C20H17FN8O/c1-10-14-16(27-19(30)20(14,2)3)26-17(25-10)15-13-4-12(21)7-24-18(13)29(28-15)8-11-5-22-9-23-6-11/h4-7,9H,8H2,1-3H3,(H,25,26,27,30). The number of pyridine rings is 1. The Labute approximate surface area is 170 Å². The summed E-state index contributed by atoms with van der Waals surface area (Å²) in [7, 11) is 0. The van der Waals surface area contributed by atoms with Crippen LogP contribution in [0.3, 0.4) is 0 Å². The Morgan fingerprint density at radius 2 is 1.93 bits per heavy atom. The van der Waals surface area contributed by atoms with Crippen molar-refractivity contribution in [1.82, 2.24) is 34.7 Å². The van der Waals surface area contributed by atoms with Crippen molar-refractivity contribution in [2.75, 3.05) is 5.32 Å². The molecular weight excluding hydrogens is 387 g/mol. The first kappa shape index (κ1) is 18.2. The fourth-order valence-electron chi connectivity index (χ4n) is 3.79. The third-order valence-electron chi connectivity index (χ3n) is 5.23. The van der Waals surface area contributed by atoms with E-state index in [0.29, 0.717) is 40.6 Å². The van der Waals surface area contributed by atoms with Crippen LogP contribution in [0, 0.1) is 12.7 Å². The third-order valence-corrected chi connectivity index (χ3v) is 5.23. The highest BCUT2D eigenvalue weighted by Gasteiger charge is 2.41. The molecule has 5 heterocycles. The molecule has 0 saturated heterocycles. The number of amides is 1. The molecule has 4 aromatic rings. The van der Waals surface area contributed by atoms with E-state index < -0.39 is 11.2 Å². The number of anilines is 1. The number of fused-ring (bicyclic) bond motifs is 2. The molecule has 0 aromatic carbocycles. The number of nitrogens with zero attached hydrogens (tertiary/aromatic N) is 7. The van der Waals surface area contributed by atoms with Gasteiger partial charge in [0.2, 0.25) is 5.91 Å². The monoisotopic (exact) mass is 404 g/mol. The lowest BCUT2D eigenvalue weighted by molar-refractivity contribution is -0.119. The highest BCUT2D eigenvalue weighted by molar-refractivity contribution is 6.05. The highest BCUT2D eigenvalue weighted by atomic mass is 19.1. The largest absolute Gasteiger partial charge is 0.310 e. The van der Waals surface area contributed by atoms with Gasteiger partial charge in [0.1, 0.15) is 23.7 Å². The van der Waals surface area contributed by atoms with Crippen LogP contribution in [0.4, 0.5) is 10.2 Å². The van der Waals surface area contributed by atoms with E-state index >= 15 is 0 Å². The molecule has 30 heavy (non-hydrogen) atoms. The SMILES string of the molecule is Cc1nc(-c2nn(Cc3cncnc3)c3ncc(F)cc23)nc2c1C(C)(C)C(=O)N2. The fourth-order valence-corrected chi connectivity index (χ4v) is 3.79. The summed E-state index contributed by atoms with van der Waals surface area (Å²) in [5, 5.41) is 7.91. The summed E-state index contributed by atoms with van der Waals surface area (Å²) in [6.07, 6.45) is 5.94. The van der Waals surface area contributed by atoms with Crippen LogP contribution in [0.5, 0.6) is 0 Å². The molecule has 0 saturated carbocycles. The van der Waals surface area contributed by atoms with Crippen molar-refractivity contribution in [1.29, 1.82) is 0 Å². The van der Waals surface area contributed by atoms with Crippen molar-refractivity contribution >= 4 is 22.8 Å². The van der Waals surface area contributed by atoms with Crippen LogP contribution in [-0.2, 0) is 16.8 Å². The minimum atomic E-state index is -0.722. The zero-order valence-corrected chi connectivity index (χ0v) is 16.5. The topological polar surface area (TPSA) is 111 Å². The average molecular weight is 404 g/mol. The summed E-state index contributed by atoms with van der Waals surface area (Å²) >= 11 is 0. The normalized spacial score (nSPS) is 14.7. The molecule has 1 N–H and O–H groups in total. The molecule has 0 radical (unpaired) electrons. The van der Waals surface area contributed by atoms with Gasteiger partial charge in [-0.1, -0.05) is 0 Å². The number of aromatic nitrogens is 7. The number of hydrogen-bond acceptors (Lipinski definition) is 7. The van der Waals surface area contributed by atoms with Gasteiger partial charge in [0.05, 0.1) is 23.5 Å². The number of carbonyl (C=O) groups excluding carboxylic acids is 1. The zero-order valence-electron chi connectivity index (χ0n) is 16.5. The van der Waals surface area contributed by atoms with Crippen LogP contribution in [-0.4, -0.2) is 40.6 Å². The zero-order chi connectivity index (χ0) is 21.0. The lowest BCUT2D eigenvalue weighted by atomic mass is 9.86. The Balaban J connectivity index is 1.69. The smallest absolute Gasteiger partial charge is 0.235 e. The maximum absolute atomic E-state index is 14.0. The Morgan fingerprint density at radius 1 is 1.17 bits per heavy atom. The van der Waals surface area contributed by atoms with Crippen LogP contribution >= 0.6 is 0 Å². The van der Waals surface area contributed by atoms with Crippen molar-refractivity contribution < 1.29 is 9.18 Å². The fraction of sp³-hybridized carbons (Fsp3) is 0.250. The van der Waals surface area contributed by atoms with Gasteiger partial charge in [0, 0.05) is 29.2 Å². The quantitative estimate of drug-likeness (QED) is 0.558. The van der Waals surface area contributed by atoms with E-state index in [-0.39, 0.29) is 5.91 Å². The molecule has 0 spiro atoms. The van der Waals surface area contributed by atoms with E-state index in [1.165, 1.54) is 12.4 Å². The first-order chi connectivity index (χ1) is 14.3. The lowest BCUT2D eigenvalue weighted by Gasteiger charge is -2.16. The van der Waals surface area contributed by atoms with Crippen molar-refractivity contribution in [3.8, 4) is 11.5 Å². The molecule has 9 nitrogen and oxygen atoms in total. The summed E-state index contributed by atoms with van der Waals surface area (Å²) in [4.78, 5) is 33.7. The predicted octanol–water partition coefficient (Wildman–Crippen LogP) is 2.40. The van der Waals surface area contributed by atoms with Crippen LogP contribution in [0.15, 0.2) is 31.0 Å². The average Bonchev–Trinajstić information content (AvgIpc) is 3.16. The Bertz CT molecular complexity index is 1320. The molecule has 0 atom stereocenters. The van der Waals surface area contributed by atoms with E-state index in [9.17, 15) is 9.18 Å². The number of hydrogen-bond donors (Lipinski definition) is 1. The molecule has 1 aliphatic rings. The highest BCUT2D eigenvalue weighted by Crippen LogP contribution is 2.39. The summed E-state index contributed by atoms with van der Waals surface area (Å²) < 4.78 is 15.6. The van der Waals surface area contributed by atoms with E-state index in [4.69, 9.17) is 0 Å². The summed E-state index contributed by atoms with van der Waals surface area (Å²) in [5.74, 6) is 0.124. The molecule has 0 bridgehead atoms. The van der Waals surface area contributed by atoms with E-state index in [0.717, 1.165) is 17.3 Å². The number of rotatable bonds is 3. The van der Waals surface area contributed by atoms with Gasteiger partial charge in [-0.2, -0.15) is 5.10 Å². The molecule has 0 fully saturated rings. The Hall–Kier alpha value is -3.82. The first-order valence-corrected chi connectivity index (χ1v) is 9.31. The number of halogens is 1. The maximum Gasteiger partial charge on any atom is 0.235 e. The molecule has 150 valence electrons. The molecule has 1 aliphatic heterocycles. The summed E-state index contributed by atoms with van der Waals surface area (Å²) in [6, 6.07) is 1.36. The van der Waals surface area contributed by atoms with Crippen molar-refractivity contribution in [3.63, 3.8) is 0 Å². The predicted molar refractivity (Wildman–Crippen MR) is 106 cm³/mol. The van der Waals surface area contributed by atoms with E-state index in [1.807, 2.05) is 20.8 Å². The lowest BCUT2D eigenvalue weighted by Crippen LogP contribution is -2.27. The Kier molecular flexibility index (Phi) is 3.85. The van der Waals surface area contributed by atoms with Gasteiger partial charge in [-0.3, -0.25) is 4.79 Å². The van der Waals surface area contributed by atoms with Gasteiger partial charge in [0.15, 0.2) is 11.5 Å². The first-order valence-electron chi connectivity index (χ1n) is 9.31. The molecule has 1 amide bonds. The second-order valence-electron chi connectivity index (χ2n) is 7.71. The van der Waals surface area contributed by atoms with Crippen molar-refractivity contribution in [3.05, 3.63) is 53.6 Å². The van der Waals surface area contributed by atoms with Gasteiger partial charge in [-0.25, -0.2) is 34.0 Å². The number of nitrogens with one attached hydrogen (secondary N) is 1. The second-order valence-corrected chi connectivity index (χ2v) is 7.71. The summed E-state index contributed by atoms with van der Waals surface area (Å²) in [6.45, 7) is 5.83. The van der Waals surface area contributed by atoms with Crippen LogP contribution in [0.1, 0.15) is 30.7 Å². The van der Waals surface area contributed by atoms with Gasteiger partial charge in [0.25, 0.3) is 0 Å². The molecule has 5 rings (SSSR count). The van der Waals surface area contributed by atoms with Gasteiger partial charge < -0.3 is 5.32 Å². The minimum absolute atomic E-state index is 0.140. The maximum atomic E-state index is 14.0. The van der Waals surface area contributed by atoms with Crippen LogP contribution in [0.2, 0.25) is 0 Å². The van der Waals surface area contributed by atoms with Crippen molar-refractivity contribution in [2.24, 2.45) is 0 Å². The van der Waals surface area contributed by atoms with E-state index in [1.54, 1.807) is 17.1 Å². The van der Waals surface area contributed by atoms with Gasteiger partial charge in [-0.05, 0) is 26.8 Å². The number of carbonyl (C=O) groups is 1. The molecule has 4 aromatic heterocycles. The third kappa shape index (κ3) is 2.71. The second kappa shape index (κ2) is 6.34. The van der Waals surface area contributed by atoms with Crippen LogP contribution in [0.25, 0.3) is 22.6 Å².